The van der Waals surface area contributed by atoms with Gasteiger partial charge in [0.2, 0.25) is 5.65 Å². The third-order valence-corrected chi connectivity index (χ3v) is 4.73. The van der Waals surface area contributed by atoms with Crippen molar-refractivity contribution in [1.29, 1.82) is 0 Å². The van der Waals surface area contributed by atoms with E-state index in [1.54, 1.807) is 17.1 Å². The summed E-state index contributed by atoms with van der Waals surface area (Å²) in [7, 11) is 0. The summed E-state index contributed by atoms with van der Waals surface area (Å²) in [4.78, 5) is 16.9. The number of nitrogens with zero attached hydrogens (tertiary/aromatic N) is 7. The summed E-state index contributed by atoms with van der Waals surface area (Å²) in [5.74, 6) is 0. The van der Waals surface area contributed by atoms with Gasteiger partial charge in [0.15, 0.2) is 11.3 Å². The van der Waals surface area contributed by atoms with E-state index in [1.807, 2.05) is 48.5 Å². The van der Waals surface area contributed by atoms with E-state index >= 15 is 0 Å². The summed E-state index contributed by atoms with van der Waals surface area (Å²) in [5.41, 5.74) is 5.78. The number of hydrogen-bond donors (Lipinski definition) is 0. The van der Waals surface area contributed by atoms with E-state index in [-0.39, 0.29) is 0 Å². The van der Waals surface area contributed by atoms with Gasteiger partial charge in [-0.3, -0.25) is 4.98 Å². The minimum Gasteiger partial charge on any atom is -0.256 e. The number of hydrogen-bond acceptors (Lipinski definition) is 5. The maximum atomic E-state index is 7.05. The summed E-state index contributed by atoms with van der Waals surface area (Å²) in [5, 5.41) is 9.46. The zero-order chi connectivity index (χ0) is 19.6. The second kappa shape index (κ2) is 7.09. The Bertz CT molecular complexity index is 1360. The Morgan fingerprint density at radius 3 is 2.69 bits per heavy atom. The van der Waals surface area contributed by atoms with Gasteiger partial charge in [-0.05, 0) is 29.3 Å². The predicted octanol–water partition coefficient (Wildman–Crippen LogP) is 3.96. The minimum absolute atomic E-state index is 0.527. The van der Waals surface area contributed by atoms with Crippen molar-refractivity contribution in [1.82, 2.24) is 29.9 Å². The highest BCUT2D eigenvalue weighted by Gasteiger charge is 2.10. The molecule has 0 radical (unpaired) electrons. The smallest absolute Gasteiger partial charge is 0.221 e. The first-order chi connectivity index (χ1) is 14.3. The van der Waals surface area contributed by atoms with Gasteiger partial charge in [-0.2, -0.15) is 0 Å². The van der Waals surface area contributed by atoms with Gasteiger partial charge < -0.3 is 0 Å². The van der Waals surface area contributed by atoms with Gasteiger partial charge in [-0.1, -0.05) is 41.6 Å². The first kappa shape index (κ1) is 17.0. The fraction of sp³-hybridized carbons (Fsp3) is 0.0909. The lowest BCUT2D eigenvalue weighted by molar-refractivity contribution is 0.663. The van der Waals surface area contributed by atoms with E-state index in [0.29, 0.717) is 29.9 Å². The molecule has 0 saturated carbocycles. The largest absolute Gasteiger partial charge is 0.256 e. The molecule has 7 nitrogen and oxygen atoms in total. The quantitative estimate of drug-likeness (QED) is 0.443. The molecule has 0 spiro atoms. The standard InChI is InChI=1S/C22H15N7/c1-23-18-7-4-15(5-8-18)12-19-13-25-21-22(26-19)29(28-27-21)14-16-6-9-20-17(11-16)3-2-10-24-20/h2-11,13H,12,14H2. The van der Waals surface area contributed by atoms with Crippen molar-refractivity contribution in [2.75, 3.05) is 0 Å². The molecule has 5 rings (SSSR count). The van der Waals surface area contributed by atoms with Crippen LogP contribution in [0.3, 0.4) is 0 Å². The Labute approximate surface area is 166 Å². The van der Waals surface area contributed by atoms with Crippen LogP contribution in [-0.4, -0.2) is 29.9 Å². The second-order valence-electron chi connectivity index (χ2n) is 6.74. The predicted molar refractivity (Wildman–Crippen MR) is 109 cm³/mol. The molecule has 0 aliphatic rings. The van der Waals surface area contributed by atoms with Gasteiger partial charge in [0.05, 0.1) is 30.5 Å². The molecule has 0 saturated heterocycles. The Morgan fingerprint density at radius 2 is 1.83 bits per heavy atom. The summed E-state index contributed by atoms with van der Waals surface area (Å²) >= 11 is 0. The molecule has 0 bridgehead atoms. The topological polar surface area (TPSA) is 73.7 Å². The highest BCUT2D eigenvalue weighted by Crippen LogP contribution is 2.17. The maximum absolute atomic E-state index is 7.05. The van der Waals surface area contributed by atoms with E-state index in [9.17, 15) is 0 Å². The van der Waals surface area contributed by atoms with Gasteiger partial charge in [-0.25, -0.2) is 19.5 Å². The van der Waals surface area contributed by atoms with Crippen molar-refractivity contribution in [2.24, 2.45) is 0 Å². The van der Waals surface area contributed by atoms with Crippen LogP contribution in [0.4, 0.5) is 5.69 Å². The lowest BCUT2D eigenvalue weighted by atomic mass is 10.1. The fourth-order valence-corrected chi connectivity index (χ4v) is 3.28. The third kappa shape index (κ3) is 3.39. The summed E-state index contributed by atoms with van der Waals surface area (Å²) in [6, 6.07) is 17.6. The van der Waals surface area contributed by atoms with Crippen LogP contribution in [-0.2, 0) is 13.0 Å². The van der Waals surface area contributed by atoms with Crippen LogP contribution in [0.15, 0.2) is 67.0 Å². The normalized spacial score (nSPS) is 11.0. The molecule has 3 heterocycles. The van der Waals surface area contributed by atoms with Crippen LogP contribution in [0.1, 0.15) is 16.8 Å². The number of fused-ring (bicyclic) bond motifs is 2. The van der Waals surface area contributed by atoms with E-state index in [2.05, 4.69) is 31.2 Å². The zero-order valence-electron chi connectivity index (χ0n) is 15.4. The number of pyridine rings is 1. The highest BCUT2D eigenvalue weighted by molar-refractivity contribution is 5.79. The van der Waals surface area contributed by atoms with Gasteiger partial charge in [0.1, 0.15) is 0 Å². The van der Waals surface area contributed by atoms with Gasteiger partial charge in [0.25, 0.3) is 0 Å². The van der Waals surface area contributed by atoms with Crippen LogP contribution in [0.5, 0.6) is 0 Å². The van der Waals surface area contributed by atoms with Gasteiger partial charge in [0, 0.05) is 18.0 Å². The van der Waals surface area contributed by atoms with E-state index in [4.69, 9.17) is 11.6 Å². The van der Waals surface area contributed by atoms with Crippen LogP contribution in [0, 0.1) is 6.57 Å². The molecule has 29 heavy (non-hydrogen) atoms. The van der Waals surface area contributed by atoms with Crippen molar-refractivity contribution in [3.05, 3.63) is 95.2 Å². The molecule has 0 unspecified atom stereocenters. The lowest BCUT2D eigenvalue weighted by Gasteiger charge is -2.05. The second-order valence-corrected chi connectivity index (χ2v) is 6.74. The third-order valence-electron chi connectivity index (χ3n) is 4.73. The molecule has 0 N–H and O–H groups in total. The van der Waals surface area contributed by atoms with Crippen LogP contribution in [0.25, 0.3) is 27.0 Å². The molecule has 0 aliphatic carbocycles. The maximum Gasteiger partial charge on any atom is 0.221 e. The molecule has 2 aromatic carbocycles. The molecule has 0 atom stereocenters. The monoisotopic (exact) mass is 377 g/mol. The molecule has 5 aromatic rings. The summed E-state index contributed by atoms with van der Waals surface area (Å²) in [6.07, 6.45) is 4.15. The molecule has 3 aromatic heterocycles. The molecular weight excluding hydrogens is 362 g/mol. The van der Waals surface area contributed by atoms with E-state index in [1.165, 1.54) is 0 Å². The molecule has 7 heteroatoms. The Kier molecular flexibility index (Phi) is 4.15. The minimum atomic E-state index is 0.527. The molecule has 0 amide bonds. The SMILES string of the molecule is [C-]#[N+]c1ccc(Cc2cnc3nnn(Cc4ccc5ncccc5c4)c3n2)cc1. The lowest BCUT2D eigenvalue weighted by Crippen LogP contribution is -2.04. The van der Waals surface area contributed by atoms with E-state index in [0.717, 1.165) is 27.7 Å². The van der Waals surface area contributed by atoms with Crippen molar-refractivity contribution >= 4 is 27.9 Å². The van der Waals surface area contributed by atoms with Crippen molar-refractivity contribution in [2.45, 2.75) is 13.0 Å². The highest BCUT2D eigenvalue weighted by atomic mass is 15.4. The van der Waals surface area contributed by atoms with Crippen LogP contribution >= 0.6 is 0 Å². The first-order valence-electron chi connectivity index (χ1n) is 9.14. The van der Waals surface area contributed by atoms with Crippen molar-refractivity contribution in [3.63, 3.8) is 0 Å². The number of aromatic nitrogens is 6. The Hall–Kier alpha value is -4.18. The molecular formula is C22H15N7. The molecule has 0 aliphatic heterocycles. The Morgan fingerprint density at radius 1 is 0.966 bits per heavy atom. The average molecular weight is 377 g/mol. The van der Waals surface area contributed by atoms with Crippen LogP contribution < -0.4 is 0 Å². The summed E-state index contributed by atoms with van der Waals surface area (Å²) in [6.45, 7) is 7.61. The summed E-state index contributed by atoms with van der Waals surface area (Å²) < 4.78 is 1.77. The first-order valence-corrected chi connectivity index (χ1v) is 9.14. The van der Waals surface area contributed by atoms with Gasteiger partial charge in [-0.15, -0.1) is 5.10 Å². The van der Waals surface area contributed by atoms with E-state index < -0.39 is 0 Å². The fourth-order valence-electron chi connectivity index (χ4n) is 3.28. The van der Waals surface area contributed by atoms with Crippen molar-refractivity contribution < 1.29 is 0 Å². The molecule has 0 fully saturated rings. The van der Waals surface area contributed by atoms with Gasteiger partial charge >= 0.3 is 0 Å². The zero-order valence-corrected chi connectivity index (χ0v) is 15.4. The Balaban J connectivity index is 1.44. The van der Waals surface area contributed by atoms with Crippen LogP contribution in [0.2, 0.25) is 0 Å². The average Bonchev–Trinajstić information content (AvgIpc) is 3.16. The molecule has 138 valence electrons. The number of benzene rings is 2. The van der Waals surface area contributed by atoms with Crippen molar-refractivity contribution in [3.8, 4) is 0 Å². The number of rotatable bonds is 4.